The van der Waals surface area contributed by atoms with Crippen molar-refractivity contribution in [3.05, 3.63) is 59.1 Å². The maximum Gasteiger partial charge on any atom is 0.405 e. The number of halogens is 3. The fourth-order valence-electron chi connectivity index (χ4n) is 3.69. The SMILES string of the molecule is N#CC1(NC(=O)O)CC1.O=S(=O)(c1ccc(F)cc1Cl)[C@@H]1CC[C@@H](COc2ccc(F)cc2)C1. The first-order chi connectivity index (χ1) is 16.0. The van der Waals surface area contributed by atoms with Gasteiger partial charge in [-0.2, -0.15) is 5.26 Å². The molecule has 34 heavy (non-hydrogen) atoms. The van der Waals surface area contributed by atoms with Crippen LogP contribution in [0.3, 0.4) is 0 Å². The van der Waals surface area contributed by atoms with E-state index in [1.807, 2.05) is 6.07 Å². The van der Waals surface area contributed by atoms with E-state index < -0.39 is 32.5 Å². The maximum atomic E-state index is 13.1. The first-order valence-electron chi connectivity index (χ1n) is 10.5. The van der Waals surface area contributed by atoms with Gasteiger partial charge in [-0.1, -0.05) is 11.6 Å². The Labute approximate surface area is 201 Å². The monoisotopic (exact) mass is 512 g/mol. The lowest BCUT2D eigenvalue weighted by Gasteiger charge is -2.14. The van der Waals surface area contributed by atoms with Crippen LogP contribution in [0.5, 0.6) is 5.75 Å². The molecule has 2 fully saturated rings. The van der Waals surface area contributed by atoms with Crippen LogP contribution in [0, 0.1) is 28.9 Å². The Morgan fingerprint density at radius 1 is 1.18 bits per heavy atom. The van der Waals surface area contributed by atoms with E-state index in [0.29, 0.717) is 44.5 Å². The van der Waals surface area contributed by atoms with Crippen molar-refractivity contribution in [2.45, 2.75) is 47.8 Å². The summed E-state index contributed by atoms with van der Waals surface area (Å²) in [5.74, 6) is -0.269. The van der Waals surface area contributed by atoms with E-state index in [0.717, 1.165) is 12.1 Å². The standard InChI is InChI=1S/C18H17ClF2O3S.C5H6N2O2/c19-17-10-14(21)4-8-18(17)25(22,23)16-7-1-12(9-16)11-24-15-5-2-13(20)3-6-15;6-3-5(1-2-5)7-4(8)9/h2-6,8,10,12,16H,1,7,9,11H2;7H,1-2H2,(H,8,9)/t12-,16-;/m1./s1. The summed E-state index contributed by atoms with van der Waals surface area (Å²) in [7, 11) is -3.61. The molecule has 182 valence electrons. The highest BCUT2D eigenvalue weighted by Crippen LogP contribution is 2.36. The van der Waals surface area contributed by atoms with Crippen LogP contribution in [0.1, 0.15) is 32.1 Å². The van der Waals surface area contributed by atoms with Crippen LogP contribution in [0.25, 0.3) is 0 Å². The number of carboxylic acid groups (broad SMARTS) is 1. The molecular formula is C23H23ClF2N2O5S. The van der Waals surface area contributed by atoms with Crippen LogP contribution in [-0.4, -0.2) is 37.0 Å². The van der Waals surface area contributed by atoms with Crippen molar-refractivity contribution in [2.24, 2.45) is 5.92 Å². The van der Waals surface area contributed by atoms with Gasteiger partial charge in [0.2, 0.25) is 0 Å². The summed E-state index contributed by atoms with van der Waals surface area (Å²) in [4.78, 5) is 9.92. The Morgan fingerprint density at radius 3 is 2.35 bits per heavy atom. The third-order valence-electron chi connectivity index (χ3n) is 5.74. The predicted octanol–water partition coefficient (Wildman–Crippen LogP) is 4.95. The quantitative estimate of drug-likeness (QED) is 0.529. The van der Waals surface area contributed by atoms with E-state index >= 15 is 0 Å². The van der Waals surface area contributed by atoms with E-state index in [1.165, 1.54) is 30.3 Å². The molecule has 2 saturated carbocycles. The van der Waals surface area contributed by atoms with Gasteiger partial charge in [0.15, 0.2) is 9.84 Å². The number of hydrogen-bond donors (Lipinski definition) is 2. The number of carbonyl (C=O) groups is 1. The first kappa shape index (κ1) is 25.7. The molecule has 0 bridgehead atoms. The highest BCUT2D eigenvalue weighted by atomic mass is 35.5. The predicted molar refractivity (Wildman–Crippen MR) is 120 cm³/mol. The number of ether oxygens (including phenoxy) is 1. The number of nitrogens with one attached hydrogen (secondary N) is 1. The minimum atomic E-state index is -3.61. The molecule has 0 saturated heterocycles. The Hall–Kier alpha value is -2.90. The van der Waals surface area contributed by atoms with Crippen LogP contribution in [0.2, 0.25) is 5.02 Å². The number of nitrogens with zero attached hydrogens (tertiary/aromatic N) is 1. The molecule has 0 radical (unpaired) electrons. The molecule has 2 atom stereocenters. The minimum Gasteiger partial charge on any atom is -0.493 e. The van der Waals surface area contributed by atoms with Crippen LogP contribution in [0.4, 0.5) is 13.6 Å². The second-order valence-corrected chi connectivity index (χ2v) is 10.9. The zero-order chi connectivity index (χ0) is 24.9. The summed E-state index contributed by atoms with van der Waals surface area (Å²) in [5.41, 5.74) is -0.730. The second-order valence-electron chi connectivity index (χ2n) is 8.31. The van der Waals surface area contributed by atoms with Crippen molar-refractivity contribution in [2.75, 3.05) is 6.61 Å². The molecule has 2 aliphatic rings. The Balaban J connectivity index is 0.000000302. The molecule has 7 nitrogen and oxygen atoms in total. The highest BCUT2D eigenvalue weighted by molar-refractivity contribution is 7.92. The zero-order valence-corrected chi connectivity index (χ0v) is 19.6. The van der Waals surface area contributed by atoms with Gasteiger partial charge in [-0.3, -0.25) is 0 Å². The molecule has 2 aromatic carbocycles. The summed E-state index contributed by atoms with van der Waals surface area (Å²) < 4.78 is 57.1. The van der Waals surface area contributed by atoms with Gasteiger partial charge in [0, 0.05) is 0 Å². The lowest BCUT2D eigenvalue weighted by atomic mass is 10.1. The van der Waals surface area contributed by atoms with Crippen molar-refractivity contribution in [3.8, 4) is 11.8 Å². The number of sulfone groups is 1. The molecule has 1 amide bonds. The largest absolute Gasteiger partial charge is 0.493 e. The molecule has 2 aliphatic carbocycles. The van der Waals surface area contributed by atoms with Gasteiger partial charge in [0.05, 0.1) is 27.8 Å². The topological polar surface area (TPSA) is 116 Å². The van der Waals surface area contributed by atoms with Gasteiger partial charge >= 0.3 is 6.09 Å². The third-order valence-corrected chi connectivity index (χ3v) is 8.44. The van der Waals surface area contributed by atoms with Crippen LogP contribution < -0.4 is 10.1 Å². The summed E-state index contributed by atoms with van der Waals surface area (Å²) in [6, 6.07) is 10.9. The van der Waals surface area contributed by atoms with Gasteiger partial charge in [-0.25, -0.2) is 22.0 Å². The van der Waals surface area contributed by atoms with Crippen molar-refractivity contribution in [1.82, 2.24) is 5.32 Å². The fraction of sp³-hybridized carbons (Fsp3) is 0.391. The molecular weight excluding hydrogens is 490 g/mol. The summed E-state index contributed by atoms with van der Waals surface area (Å²) in [6.45, 7) is 0.370. The number of rotatable bonds is 6. The smallest absolute Gasteiger partial charge is 0.405 e. The molecule has 0 heterocycles. The average Bonchev–Trinajstić information content (AvgIpc) is 3.36. The molecule has 0 aliphatic heterocycles. The Morgan fingerprint density at radius 2 is 1.82 bits per heavy atom. The lowest BCUT2D eigenvalue weighted by molar-refractivity contribution is 0.191. The lowest BCUT2D eigenvalue weighted by Crippen LogP contribution is -2.33. The van der Waals surface area contributed by atoms with Crippen molar-refractivity contribution >= 4 is 27.5 Å². The van der Waals surface area contributed by atoms with E-state index in [9.17, 15) is 22.0 Å². The summed E-state index contributed by atoms with van der Waals surface area (Å²) >= 11 is 5.91. The molecule has 0 aromatic heterocycles. The van der Waals surface area contributed by atoms with Crippen LogP contribution >= 0.6 is 11.6 Å². The zero-order valence-electron chi connectivity index (χ0n) is 18.0. The van der Waals surface area contributed by atoms with Crippen LogP contribution in [-0.2, 0) is 9.84 Å². The first-order valence-corrected chi connectivity index (χ1v) is 12.5. The average molecular weight is 513 g/mol. The minimum absolute atomic E-state index is 0.0272. The molecule has 0 unspecified atom stereocenters. The maximum absolute atomic E-state index is 13.1. The van der Waals surface area contributed by atoms with Crippen molar-refractivity contribution < 1.29 is 31.8 Å². The Bertz CT molecular complexity index is 1180. The number of nitriles is 1. The molecule has 11 heteroatoms. The van der Waals surface area contributed by atoms with E-state index in [1.54, 1.807) is 0 Å². The van der Waals surface area contributed by atoms with Crippen molar-refractivity contribution in [1.29, 1.82) is 5.26 Å². The number of benzene rings is 2. The van der Waals surface area contributed by atoms with Crippen LogP contribution in [0.15, 0.2) is 47.4 Å². The van der Waals surface area contributed by atoms with Gasteiger partial charge < -0.3 is 15.2 Å². The van der Waals surface area contributed by atoms with Gasteiger partial charge in [-0.15, -0.1) is 0 Å². The second kappa shape index (κ2) is 10.6. The van der Waals surface area contributed by atoms with E-state index in [4.69, 9.17) is 26.7 Å². The summed E-state index contributed by atoms with van der Waals surface area (Å²) in [5, 5.41) is 18.0. The molecule has 2 N–H and O–H groups in total. The molecule has 2 aromatic rings. The van der Waals surface area contributed by atoms with Crippen molar-refractivity contribution in [3.63, 3.8) is 0 Å². The normalized spacial score (nSPS) is 20.4. The number of amides is 1. The number of hydrogen-bond acceptors (Lipinski definition) is 5. The van der Waals surface area contributed by atoms with Gasteiger partial charge in [-0.05, 0) is 80.5 Å². The van der Waals surface area contributed by atoms with E-state index in [2.05, 4.69) is 5.32 Å². The summed E-state index contributed by atoms with van der Waals surface area (Å²) in [6.07, 6.45) is 1.86. The van der Waals surface area contributed by atoms with Gasteiger partial charge in [0.25, 0.3) is 0 Å². The third kappa shape index (κ3) is 6.58. The van der Waals surface area contributed by atoms with Gasteiger partial charge in [0.1, 0.15) is 22.9 Å². The van der Waals surface area contributed by atoms with E-state index in [-0.39, 0.29) is 21.7 Å². The Kier molecular flexibility index (Phi) is 8.00. The highest BCUT2D eigenvalue weighted by Gasteiger charge is 2.44. The fourth-order valence-corrected chi connectivity index (χ4v) is 6.10. The molecule has 4 rings (SSSR count). The molecule has 0 spiro atoms.